The van der Waals surface area contributed by atoms with Gasteiger partial charge in [-0.05, 0) is 48.9 Å². The maximum Gasteiger partial charge on any atom is 0.123 e. The van der Waals surface area contributed by atoms with Gasteiger partial charge in [-0.2, -0.15) is 0 Å². The molecule has 0 bridgehead atoms. The van der Waals surface area contributed by atoms with Crippen molar-refractivity contribution in [3.63, 3.8) is 0 Å². The maximum absolute atomic E-state index is 4.35. The highest BCUT2D eigenvalue weighted by atomic mass is 32.1. The highest BCUT2D eigenvalue weighted by Gasteiger charge is 2.27. The summed E-state index contributed by atoms with van der Waals surface area (Å²) in [5.74, 6) is 1.52. The van der Waals surface area contributed by atoms with Crippen LogP contribution in [0.2, 0.25) is 0 Å². The molecule has 1 N–H and O–H groups in total. The third-order valence-corrected chi connectivity index (χ3v) is 5.26. The van der Waals surface area contributed by atoms with Crippen LogP contribution in [0.1, 0.15) is 33.1 Å². The molecule has 1 fully saturated rings. The molecule has 20 heavy (non-hydrogen) atoms. The molecule has 2 unspecified atom stereocenters. The van der Waals surface area contributed by atoms with E-state index >= 15 is 0 Å². The first-order chi connectivity index (χ1) is 9.74. The van der Waals surface area contributed by atoms with Crippen LogP contribution in [0.3, 0.4) is 0 Å². The Hall–Kier alpha value is -1.35. The van der Waals surface area contributed by atoms with E-state index in [1.54, 1.807) is 11.3 Å². The number of benzene rings is 1. The molecule has 0 amide bonds. The van der Waals surface area contributed by atoms with Crippen LogP contribution < -0.4 is 5.32 Å². The third-order valence-electron chi connectivity index (χ3n) is 4.44. The van der Waals surface area contributed by atoms with Crippen molar-refractivity contribution < 1.29 is 0 Å². The quantitative estimate of drug-likeness (QED) is 0.854. The van der Waals surface area contributed by atoms with Crippen LogP contribution in [-0.4, -0.2) is 11.0 Å². The number of rotatable bonds is 3. The van der Waals surface area contributed by atoms with E-state index in [4.69, 9.17) is 0 Å². The van der Waals surface area contributed by atoms with Crippen LogP contribution in [0, 0.1) is 11.8 Å². The first-order valence-corrected chi connectivity index (χ1v) is 8.38. The van der Waals surface area contributed by atoms with Crippen LogP contribution in [0.15, 0.2) is 35.8 Å². The van der Waals surface area contributed by atoms with Gasteiger partial charge >= 0.3 is 0 Å². The molecular formula is C17H22N2S. The van der Waals surface area contributed by atoms with Gasteiger partial charge in [0.1, 0.15) is 5.01 Å². The Bertz CT molecular complexity index is 523. The number of nitrogens with zero attached hydrogens (tertiary/aromatic N) is 1. The lowest BCUT2D eigenvalue weighted by molar-refractivity contribution is 0.268. The van der Waals surface area contributed by atoms with Gasteiger partial charge < -0.3 is 5.32 Å². The summed E-state index contributed by atoms with van der Waals surface area (Å²) in [5.41, 5.74) is 2.44. The molecule has 0 radical (unpaired) electrons. The van der Waals surface area contributed by atoms with Gasteiger partial charge in [-0.1, -0.05) is 20.3 Å². The summed E-state index contributed by atoms with van der Waals surface area (Å²) in [5, 5.41) is 6.85. The molecule has 1 aromatic carbocycles. The van der Waals surface area contributed by atoms with Crippen LogP contribution in [0.4, 0.5) is 5.69 Å². The van der Waals surface area contributed by atoms with Crippen molar-refractivity contribution in [1.82, 2.24) is 4.98 Å². The van der Waals surface area contributed by atoms with E-state index in [-0.39, 0.29) is 0 Å². The largest absolute Gasteiger partial charge is 0.382 e. The molecule has 0 saturated heterocycles. The average Bonchev–Trinajstić information content (AvgIpc) is 2.98. The Labute approximate surface area is 125 Å². The lowest BCUT2D eigenvalue weighted by atomic mass is 9.78. The molecule has 2 atom stereocenters. The second-order valence-electron chi connectivity index (χ2n) is 5.97. The summed E-state index contributed by atoms with van der Waals surface area (Å²) < 4.78 is 0. The molecule has 0 spiro atoms. The Morgan fingerprint density at radius 3 is 2.40 bits per heavy atom. The summed E-state index contributed by atoms with van der Waals surface area (Å²) >= 11 is 1.69. The van der Waals surface area contributed by atoms with Gasteiger partial charge in [-0.25, -0.2) is 4.98 Å². The molecular weight excluding hydrogens is 264 g/mol. The fourth-order valence-corrected chi connectivity index (χ4v) is 3.88. The summed E-state index contributed by atoms with van der Waals surface area (Å²) in [6.07, 6.45) is 5.93. The minimum Gasteiger partial charge on any atom is -0.382 e. The van der Waals surface area contributed by atoms with E-state index in [1.165, 1.54) is 30.5 Å². The van der Waals surface area contributed by atoms with E-state index in [1.807, 2.05) is 11.6 Å². The summed E-state index contributed by atoms with van der Waals surface area (Å²) in [6.45, 7) is 4.74. The first-order valence-electron chi connectivity index (χ1n) is 7.50. The number of hydrogen-bond donors (Lipinski definition) is 1. The van der Waals surface area contributed by atoms with E-state index in [0.717, 1.165) is 16.8 Å². The van der Waals surface area contributed by atoms with Crippen molar-refractivity contribution in [2.24, 2.45) is 11.8 Å². The fourth-order valence-electron chi connectivity index (χ4n) is 3.23. The molecule has 1 saturated carbocycles. The van der Waals surface area contributed by atoms with Crippen LogP contribution in [0.25, 0.3) is 10.6 Å². The van der Waals surface area contributed by atoms with Crippen LogP contribution >= 0.6 is 11.3 Å². The number of hydrogen-bond acceptors (Lipinski definition) is 3. The molecule has 2 nitrogen and oxygen atoms in total. The highest BCUT2D eigenvalue weighted by molar-refractivity contribution is 7.13. The summed E-state index contributed by atoms with van der Waals surface area (Å²) in [6, 6.07) is 9.31. The molecule has 3 rings (SSSR count). The molecule has 1 aliphatic rings. The van der Waals surface area contributed by atoms with Gasteiger partial charge in [-0.3, -0.25) is 0 Å². The molecule has 2 aromatic rings. The van der Waals surface area contributed by atoms with Crippen LogP contribution in [-0.2, 0) is 0 Å². The molecule has 1 aliphatic carbocycles. The zero-order chi connectivity index (χ0) is 13.9. The second-order valence-corrected chi connectivity index (χ2v) is 6.86. The standard InChI is InChI=1S/C17H22N2S/c1-12-4-3-5-13(2)16(12)19-15-8-6-14(7-9-15)17-18-10-11-20-17/h6-13,16,19H,3-5H2,1-2H3. The Balaban J connectivity index is 1.71. The summed E-state index contributed by atoms with van der Waals surface area (Å²) in [7, 11) is 0. The van der Waals surface area contributed by atoms with Gasteiger partial charge in [0, 0.05) is 28.9 Å². The lowest BCUT2D eigenvalue weighted by Gasteiger charge is -2.35. The van der Waals surface area contributed by atoms with Gasteiger partial charge in [0.05, 0.1) is 0 Å². The van der Waals surface area contributed by atoms with E-state index in [2.05, 4.69) is 48.4 Å². The lowest BCUT2D eigenvalue weighted by Crippen LogP contribution is -2.36. The first kappa shape index (κ1) is 13.6. The molecule has 1 aromatic heterocycles. The van der Waals surface area contributed by atoms with Crippen molar-refractivity contribution in [1.29, 1.82) is 0 Å². The SMILES string of the molecule is CC1CCCC(C)C1Nc1ccc(-c2nccs2)cc1. The van der Waals surface area contributed by atoms with Gasteiger partial charge in [0.25, 0.3) is 0 Å². The van der Waals surface area contributed by atoms with Gasteiger partial charge in [0.2, 0.25) is 0 Å². The van der Waals surface area contributed by atoms with E-state index in [0.29, 0.717) is 6.04 Å². The van der Waals surface area contributed by atoms with E-state index in [9.17, 15) is 0 Å². The number of thiazole rings is 1. The van der Waals surface area contributed by atoms with Crippen molar-refractivity contribution in [2.75, 3.05) is 5.32 Å². The minimum atomic E-state index is 0.606. The zero-order valence-electron chi connectivity index (χ0n) is 12.2. The smallest absolute Gasteiger partial charge is 0.123 e. The van der Waals surface area contributed by atoms with Gasteiger partial charge in [-0.15, -0.1) is 11.3 Å². The Morgan fingerprint density at radius 2 is 1.80 bits per heavy atom. The number of nitrogens with one attached hydrogen (secondary N) is 1. The van der Waals surface area contributed by atoms with E-state index < -0.39 is 0 Å². The predicted molar refractivity (Wildman–Crippen MR) is 87.1 cm³/mol. The number of aromatic nitrogens is 1. The predicted octanol–water partition coefficient (Wildman–Crippen LogP) is 5.05. The van der Waals surface area contributed by atoms with Crippen molar-refractivity contribution in [3.8, 4) is 10.6 Å². The topological polar surface area (TPSA) is 24.9 Å². The monoisotopic (exact) mass is 286 g/mol. The second kappa shape index (κ2) is 5.96. The third kappa shape index (κ3) is 2.88. The van der Waals surface area contributed by atoms with Gasteiger partial charge in [0.15, 0.2) is 0 Å². The molecule has 106 valence electrons. The average molecular weight is 286 g/mol. The molecule has 1 heterocycles. The van der Waals surface area contributed by atoms with Crippen molar-refractivity contribution >= 4 is 17.0 Å². The zero-order valence-corrected chi connectivity index (χ0v) is 13.0. The van der Waals surface area contributed by atoms with Crippen LogP contribution in [0.5, 0.6) is 0 Å². The maximum atomic E-state index is 4.35. The number of anilines is 1. The Kier molecular flexibility index (Phi) is 4.06. The normalized spacial score (nSPS) is 26.4. The highest BCUT2D eigenvalue weighted by Crippen LogP contribution is 2.32. The fraction of sp³-hybridized carbons (Fsp3) is 0.471. The minimum absolute atomic E-state index is 0.606. The molecule has 0 aliphatic heterocycles. The van der Waals surface area contributed by atoms with Crippen molar-refractivity contribution in [3.05, 3.63) is 35.8 Å². The summed E-state index contributed by atoms with van der Waals surface area (Å²) in [4.78, 5) is 4.35. The molecule has 3 heteroatoms. The Morgan fingerprint density at radius 1 is 1.10 bits per heavy atom. The van der Waals surface area contributed by atoms with Crippen molar-refractivity contribution in [2.45, 2.75) is 39.2 Å².